The summed E-state index contributed by atoms with van der Waals surface area (Å²) in [6, 6.07) is 17.3. The molecule has 2 aromatic rings. The quantitative estimate of drug-likeness (QED) is 0.589. The third kappa shape index (κ3) is 7.14. The maximum atomic E-state index is 3.04. The van der Waals surface area contributed by atoms with Crippen molar-refractivity contribution >= 4 is 10.8 Å². The van der Waals surface area contributed by atoms with Crippen molar-refractivity contribution in [3.63, 3.8) is 0 Å². The van der Waals surface area contributed by atoms with Crippen LogP contribution in [0.25, 0.3) is 10.8 Å². The van der Waals surface area contributed by atoms with Crippen LogP contribution in [-0.4, -0.2) is 0 Å². The molecule has 1 radical (unpaired) electrons. The summed E-state index contributed by atoms with van der Waals surface area (Å²) in [5.74, 6) is 0. The van der Waals surface area contributed by atoms with Crippen molar-refractivity contribution in [3.8, 4) is 0 Å². The van der Waals surface area contributed by atoms with E-state index in [2.05, 4.69) is 24.3 Å². The van der Waals surface area contributed by atoms with Crippen molar-refractivity contribution in [1.82, 2.24) is 0 Å². The summed E-state index contributed by atoms with van der Waals surface area (Å²) < 4.78 is 0. The molecule has 0 fully saturated rings. The topological polar surface area (TPSA) is 0 Å². The summed E-state index contributed by atoms with van der Waals surface area (Å²) in [5, 5.41) is 2.53. The van der Waals surface area contributed by atoms with Crippen molar-refractivity contribution in [2.24, 2.45) is 0 Å². The molecule has 0 heterocycles. The molecule has 0 atom stereocenters. The molecule has 2 rings (SSSR count). The molecular formula is C15H22Y-2. The first-order valence-electron chi connectivity index (χ1n) is 5.32. The largest absolute Gasteiger partial charge is 0.358 e. The number of rotatable bonds is 0. The average Bonchev–Trinajstić information content (AvgIpc) is 2.34. The average molecular weight is 291 g/mol. The van der Waals surface area contributed by atoms with E-state index >= 15 is 0 Å². The zero-order valence-electron chi connectivity index (χ0n) is 11.1. The molecule has 0 aromatic heterocycles. The van der Waals surface area contributed by atoms with E-state index in [1.54, 1.807) is 0 Å². The van der Waals surface area contributed by atoms with E-state index in [1.165, 1.54) is 10.8 Å². The first-order valence-corrected chi connectivity index (χ1v) is 5.32. The Morgan fingerprint density at radius 3 is 1.81 bits per heavy atom. The number of benzene rings is 2. The van der Waals surface area contributed by atoms with Crippen LogP contribution < -0.4 is 0 Å². The molecule has 16 heavy (non-hydrogen) atoms. The molecule has 0 aliphatic heterocycles. The molecule has 0 aliphatic carbocycles. The molecule has 0 unspecified atom stereocenters. The van der Waals surface area contributed by atoms with Gasteiger partial charge in [-0.25, -0.2) is 0 Å². The molecule has 0 N–H and O–H groups in total. The number of hydrogen-bond acceptors (Lipinski definition) is 0. The predicted molar refractivity (Wildman–Crippen MR) is 71.9 cm³/mol. The maximum absolute atomic E-state index is 3.04. The molecule has 0 aliphatic rings. The van der Waals surface area contributed by atoms with E-state index in [9.17, 15) is 0 Å². The molecule has 1 heteroatoms. The smallest absolute Gasteiger partial charge is 0 e. The van der Waals surface area contributed by atoms with Crippen LogP contribution in [0.2, 0.25) is 0 Å². The Kier molecular flexibility index (Phi) is 19.5. The second kappa shape index (κ2) is 14.8. The fraction of sp³-hybridized carbons (Fsp3) is 0.267. The van der Waals surface area contributed by atoms with Gasteiger partial charge in [0.15, 0.2) is 0 Å². The molecule has 0 bridgehead atoms. The van der Waals surface area contributed by atoms with Crippen LogP contribution in [-0.2, 0) is 32.7 Å². The van der Waals surface area contributed by atoms with Gasteiger partial charge in [0.2, 0.25) is 0 Å². The SMILES string of the molecule is CC.CC.[CH3-].[Y].[c-]1ccc2ccccc2c1. The van der Waals surface area contributed by atoms with E-state index in [4.69, 9.17) is 0 Å². The van der Waals surface area contributed by atoms with E-state index < -0.39 is 0 Å². The molecule has 0 saturated carbocycles. The van der Waals surface area contributed by atoms with Crippen molar-refractivity contribution in [1.29, 1.82) is 0 Å². The second-order valence-electron chi connectivity index (χ2n) is 2.27. The van der Waals surface area contributed by atoms with Gasteiger partial charge >= 0.3 is 0 Å². The molecule has 0 spiro atoms. The van der Waals surface area contributed by atoms with Gasteiger partial charge in [-0.05, 0) is 0 Å². The Labute approximate surface area is 126 Å². The Bertz CT molecular complexity index is 276. The minimum atomic E-state index is 0. The van der Waals surface area contributed by atoms with Gasteiger partial charge in [-0.3, -0.25) is 0 Å². The minimum absolute atomic E-state index is 0. The standard InChI is InChI=1S/C10H7.2C2H6.CH3.Y/c1-2-6-10-8-4-3-7-9(10)5-1;2*1-2;;/h1-3,5-8H;2*1-2H3;1H3;/q-1;;;-1;. The third-order valence-corrected chi connectivity index (χ3v) is 1.59. The van der Waals surface area contributed by atoms with Crippen LogP contribution in [0.3, 0.4) is 0 Å². The zero-order chi connectivity index (χ0) is 10.8. The third-order valence-electron chi connectivity index (χ3n) is 1.59. The molecule has 0 saturated heterocycles. The zero-order valence-corrected chi connectivity index (χ0v) is 14.0. The summed E-state index contributed by atoms with van der Waals surface area (Å²) in [6.07, 6.45) is 0. The normalized spacial score (nSPS) is 7.00. The molecular weight excluding hydrogens is 269 g/mol. The van der Waals surface area contributed by atoms with Crippen LogP contribution in [0.4, 0.5) is 0 Å². The maximum Gasteiger partial charge on any atom is 0 e. The Hall–Kier alpha value is -0.196. The van der Waals surface area contributed by atoms with E-state index in [0.717, 1.165) is 0 Å². The number of hydrogen-bond donors (Lipinski definition) is 0. The van der Waals surface area contributed by atoms with Gasteiger partial charge in [-0.1, -0.05) is 45.9 Å². The second-order valence-corrected chi connectivity index (χ2v) is 2.27. The molecule has 0 nitrogen and oxygen atoms in total. The van der Waals surface area contributed by atoms with Crippen LogP contribution in [0.15, 0.2) is 42.5 Å². The van der Waals surface area contributed by atoms with Gasteiger partial charge < -0.3 is 7.43 Å². The van der Waals surface area contributed by atoms with E-state index in [-0.39, 0.29) is 40.1 Å². The number of fused-ring (bicyclic) bond motifs is 1. The first-order chi connectivity index (χ1) is 6.97. The summed E-state index contributed by atoms with van der Waals surface area (Å²) in [6.45, 7) is 8.00. The molecule has 0 amide bonds. The van der Waals surface area contributed by atoms with Gasteiger partial charge in [0, 0.05) is 32.7 Å². The van der Waals surface area contributed by atoms with Gasteiger partial charge in [0.25, 0.3) is 0 Å². The van der Waals surface area contributed by atoms with Crippen LogP contribution in [0, 0.1) is 13.5 Å². The fourth-order valence-corrected chi connectivity index (χ4v) is 1.07. The fourth-order valence-electron chi connectivity index (χ4n) is 1.07. The summed E-state index contributed by atoms with van der Waals surface area (Å²) >= 11 is 0. The van der Waals surface area contributed by atoms with Crippen LogP contribution in [0.5, 0.6) is 0 Å². The Morgan fingerprint density at radius 2 is 1.31 bits per heavy atom. The Balaban J connectivity index is -0.000000257. The van der Waals surface area contributed by atoms with Gasteiger partial charge in [0.1, 0.15) is 0 Å². The van der Waals surface area contributed by atoms with E-state index in [1.807, 2.05) is 52.0 Å². The van der Waals surface area contributed by atoms with Gasteiger partial charge in [0.05, 0.1) is 0 Å². The van der Waals surface area contributed by atoms with E-state index in [0.29, 0.717) is 0 Å². The van der Waals surface area contributed by atoms with Gasteiger partial charge in [-0.2, -0.15) is 24.3 Å². The van der Waals surface area contributed by atoms with Crippen LogP contribution >= 0.6 is 0 Å². The van der Waals surface area contributed by atoms with Crippen LogP contribution in [0.1, 0.15) is 27.7 Å². The molecule has 2 aromatic carbocycles. The van der Waals surface area contributed by atoms with Gasteiger partial charge in [-0.15, -0.1) is 16.8 Å². The van der Waals surface area contributed by atoms with Crippen molar-refractivity contribution in [3.05, 3.63) is 56.0 Å². The predicted octanol–water partition coefficient (Wildman–Crippen LogP) is 5.14. The summed E-state index contributed by atoms with van der Waals surface area (Å²) in [7, 11) is 0. The minimum Gasteiger partial charge on any atom is -0.358 e. The summed E-state index contributed by atoms with van der Waals surface area (Å²) in [5.41, 5.74) is 0. The van der Waals surface area contributed by atoms with Crippen molar-refractivity contribution < 1.29 is 32.7 Å². The first kappa shape index (κ1) is 21.1. The van der Waals surface area contributed by atoms with Crippen molar-refractivity contribution in [2.75, 3.05) is 0 Å². The molecule has 87 valence electrons. The monoisotopic (exact) mass is 291 g/mol. The van der Waals surface area contributed by atoms with Crippen molar-refractivity contribution in [2.45, 2.75) is 27.7 Å². The Morgan fingerprint density at radius 1 is 0.812 bits per heavy atom. The summed E-state index contributed by atoms with van der Waals surface area (Å²) in [4.78, 5) is 0.